The predicted molar refractivity (Wildman–Crippen MR) is 111 cm³/mol. The number of rotatable bonds is 3. The number of fused-ring (bicyclic) bond motifs is 2. The van der Waals surface area contributed by atoms with E-state index in [0.717, 1.165) is 33.2 Å². The Kier molecular flexibility index (Phi) is 3.89. The van der Waals surface area contributed by atoms with Crippen molar-refractivity contribution in [2.24, 2.45) is 0 Å². The standard InChI is InChI=1S/C20H18N4O2S/c1-27(25,26)15-6-4-14(5-7-15)23-20-16-8-2-12(21)10-18(16)24-19-11-13(22)3-9-17(19)20/h2-11H,21-22H2,1H3,(H,23,24). The molecule has 4 rings (SSSR count). The van der Waals surface area contributed by atoms with Gasteiger partial charge in [-0.3, -0.25) is 0 Å². The van der Waals surface area contributed by atoms with Crippen molar-refractivity contribution >= 4 is 54.4 Å². The molecule has 0 bridgehead atoms. The van der Waals surface area contributed by atoms with E-state index in [4.69, 9.17) is 11.5 Å². The number of nitrogens with one attached hydrogen (secondary N) is 1. The highest BCUT2D eigenvalue weighted by Crippen LogP contribution is 2.34. The van der Waals surface area contributed by atoms with Crippen LogP contribution in [0.1, 0.15) is 0 Å². The first-order valence-electron chi connectivity index (χ1n) is 8.27. The lowest BCUT2D eigenvalue weighted by Crippen LogP contribution is -1.99. The maximum Gasteiger partial charge on any atom is 0.175 e. The van der Waals surface area contributed by atoms with Crippen molar-refractivity contribution in [2.75, 3.05) is 23.0 Å². The van der Waals surface area contributed by atoms with Gasteiger partial charge in [0.25, 0.3) is 0 Å². The molecule has 0 aliphatic carbocycles. The second-order valence-electron chi connectivity index (χ2n) is 6.46. The average Bonchev–Trinajstić information content (AvgIpc) is 2.60. The van der Waals surface area contributed by atoms with Gasteiger partial charge in [-0.05, 0) is 60.7 Å². The molecule has 136 valence electrons. The molecule has 0 radical (unpaired) electrons. The molecule has 6 nitrogen and oxygen atoms in total. The largest absolute Gasteiger partial charge is 0.399 e. The van der Waals surface area contributed by atoms with E-state index in [1.54, 1.807) is 24.3 Å². The molecule has 0 atom stereocenters. The molecular weight excluding hydrogens is 360 g/mol. The zero-order valence-corrected chi connectivity index (χ0v) is 15.4. The smallest absolute Gasteiger partial charge is 0.175 e. The number of nitrogens with two attached hydrogens (primary N) is 2. The average molecular weight is 378 g/mol. The third kappa shape index (κ3) is 3.24. The molecule has 7 heteroatoms. The summed E-state index contributed by atoms with van der Waals surface area (Å²) in [6.07, 6.45) is 1.19. The van der Waals surface area contributed by atoms with Crippen molar-refractivity contribution in [3.63, 3.8) is 0 Å². The monoisotopic (exact) mass is 378 g/mol. The summed E-state index contributed by atoms with van der Waals surface area (Å²) in [6.45, 7) is 0. The van der Waals surface area contributed by atoms with Crippen LogP contribution in [0.4, 0.5) is 22.7 Å². The van der Waals surface area contributed by atoms with Gasteiger partial charge in [-0.25, -0.2) is 13.4 Å². The molecule has 0 saturated heterocycles. The molecule has 3 aromatic carbocycles. The normalized spacial score (nSPS) is 11.7. The topological polar surface area (TPSA) is 111 Å². The molecule has 0 spiro atoms. The predicted octanol–water partition coefficient (Wildman–Crippen LogP) is 3.70. The molecule has 0 fully saturated rings. The van der Waals surface area contributed by atoms with E-state index in [9.17, 15) is 8.42 Å². The fourth-order valence-corrected chi connectivity index (χ4v) is 3.67. The van der Waals surface area contributed by atoms with Crippen LogP contribution in [0, 0.1) is 0 Å². The molecule has 0 aliphatic rings. The lowest BCUT2D eigenvalue weighted by atomic mass is 10.1. The van der Waals surface area contributed by atoms with Crippen molar-refractivity contribution in [1.82, 2.24) is 4.98 Å². The first-order valence-corrected chi connectivity index (χ1v) is 10.2. The van der Waals surface area contributed by atoms with E-state index in [1.807, 2.05) is 36.4 Å². The highest BCUT2D eigenvalue weighted by molar-refractivity contribution is 7.90. The molecular formula is C20H18N4O2S. The van der Waals surface area contributed by atoms with Crippen LogP contribution in [0.15, 0.2) is 65.6 Å². The summed E-state index contributed by atoms with van der Waals surface area (Å²) in [5.74, 6) is 0. The number of anilines is 4. The second kappa shape index (κ2) is 6.14. The number of nitrogen functional groups attached to an aromatic ring is 2. The summed E-state index contributed by atoms with van der Waals surface area (Å²) in [6, 6.07) is 17.8. The Balaban J connectivity index is 1.90. The fourth-order valence-electron chi connectivity index (χ4n) is 3.04. The number of aromatic nitrogens is 1. The first-order chi connectivity index (χ1) is 12.8. The minimum Gasteiger partial charge on any atom is -0.399 e. The van der Waals surface area contributed by atoms with Crippen LogP contribution in [0.5, 0.6) is 0 Å². The maximum absolute atomic E-state index is 11.7. The Labute approximate surface area is 156 Å². The molecule has 0 amide bonds. The molecule has 0 unspecified atom stereocenters. The number of hydrogen-bond acceptors (Lipinski definition) is 6. The minimum atomic E-state index is -3.24. The van der Waals surface area contributed by atoms with Crippen molar-refractivity contribution in [1.29, 1.82) is 0 Å². The zero-order valence-electron chi connectivity index (χ0n) is 14.6. The summed E-state index contributed by atoms with van der Waals surface area (Å²) in [7, 11) is -3.24. The molecule has 0 aliphatic heterocycles. The van der Waals surface area contributed by atoms with Gasteiger partial charge in [-0.1, -0.05) is 0 Å². The van der Waals surface area contributed by atoms with Gasteiger partial charge in [-0.15, -0.1) is 0 Å². The molecule has 5 N–H and O–H groups in total. The van der Waals surface area contributed by atoms with Gasteiger partial charge in [0, 0.05) is 34.1 Å². The quantitative estimate of drug-likeness (QED) is 0.370. The molecule has 1 heterocycles. The van der Waals surface area contributed by atoms with E-state index < -0.39 is 9.84 Å². The second-order valence-corrected chi connectivity index (χ2v) is 8.48. The Morgan fingerprint density at radius 1 is 0.815 bits per heavy atom. The number of benzene rings is 3. The summed E-state index contributed by atoms with van der Waals surface area (Å²) in [5, 5.41) is 5.21. The molecule has 1 aromatic heterocycles. The highest BCUT2D eigenvalue weighted by Gasteiger charge is 2.11. The third-order valence-electron chi connectivity index (χ3n) is 4.37. The van der Waals surface area contributed by atoms with Gasteiger partial charge in [0.1, 0.15) is 0 Å². The van der Waals surface area contributed by atoms with Gasteiger partial charge in [0.05, 0.1) is 21.6 Å². The Hall–Kier alpha value is -3.32. The van der Waals surface area contributed by atoms with E-state index in [2.05, 4.69) is 10.3 Å². The maximum atomic E-state index is 11.7. The van der Waals surface area contributed by atoms with Gasteiger partial charge in [0.2, 0.25) is 0 Å². The summed E-state index contributed by atoms with van der Waals surface area (Å²) in [4.78, 5) is 4.94. The molecule has 4 aromatic rings. The van der Waals surface area contributed by atoms with Crippen LogP contribution in [-0.4, -0.2) is 19.7 Å². The van der Waals surface area contributed by atoms with Crippen LogP contribution >= 0.6 is 0 Å². The SMILES string of the molecule is CS(=O)(=O)c1ccc(Nc2c3ccc(N)cc3nc3cc(N)ccc23)cc1. The lowest BCUT2D eigenvalue weighted by Gasteiger charge is -2.14. The molecule has 0 saturated carbocycles. The Bertz CT molecular complexity index is 1220. The van der Waals surface area contributed by atoms with Gasteiger partial charge < -0.3 is 16.8 Å². The van der Waals surface area contributed by atoms with Crippen LogP contribution in [-0.2, 0) is 9.84 Å². The van der Waals surface area contributed by atoms with Gasteiger partial charge in [-0.2, -0.15) is 0 Å². The van der Waals surface area contributed by atoms with E-state index in [0.29, 0.717) is 11.4 Å². The van der Waals surface area contributed by atoms with Crippen molar-refractivity contribution in [3.05, 3.63) is 60.7 Å². The van der Waals surface area contributed by atoms with Crippen molar-refractivity contribution in [2.45, 2.75) is 4.90 Å². The Morgan fingerprint density at radius 3 is 1.81 bits per heavy atom. The summed E-state index contributed by atoms with van der Waals surface area (Å²) >= 11 is 0. The van der Waals surface area contributed by atoms with Gasteiger partial charge in [0.15, 0.2) is 9.84 Å². The number of nitrogens with zero attached hydrogens (tertiary/aromatic N) is 1. The van der Waals surface area contributed by atoms with Gasteiger partial charge >= 0.3 is 0 Å². The van der Waals surface area contributed by atoms with E-state index in [-0.39, 0.29) is 4.90 Å². The first kappa shape index (κ1) is 17.1. The number of sulfone groups is 1. The van der Waals surface area contributed by atoms with Crippen molar-refractivity contribution < 1.29 is 8.42 Å². The van der Waals surface area contributed by atoms with Crippen LogP contribution in [0.3, 0.4) is 0 Å². The van der Waals surface area contributed by atoms with Crippen molar-refractivity contribution in [3.8, 4) is 0 Å². The highest BCUT2D eigenvalue weighted by atomic mass is 32.2. The summed E-state index contributed by atoms with van der Waals surface area (Å²) in [5.41, 5.74) is 16.2. The molecule has 27 heavy (non-hydrogen) atoms. The van der Waals surface area contributed by atoms with Crippen LogP contribution in [0.2, 0.25) is 0 Å². The minimum absolute atomic E-state index is 0.276. The number of hydrogen-bond donors (Lipinski definition) is 3. The summed E-state index contributed by atoms with van der Waals surface area (Å²) < 4.78 is 23.3. The van der Waals surface area contributed by atoms with Crippen LogP contribution < -0.4 is 16.8 Å². The van der Waals surface area contributed by atoms with E-state index >= 15 is 0 Å². The fraction of sp³-hybridized carbons (Fsp3) is 0.0500. The number of pyridine rings is 1. The zero-order chi connectivity index (χ0) is 19.2. The lowest BCUT2D eigenvalue weighted by molar-refractivity contribution is 0.602. The Morgan fingerprint density at radius 2 is 1.33 bits per heavy atom. The third-order valence-corrected chi connectivity index (χ3v) is 5.50. The van der Waals surface area contributed by atoms with E-state index in [1.165, 1.54) is 6.26 Å². The van der Waals surface area contributed by atoms with Crippen LogP contribution in [0.25, 0.3) is 21.8 Å².